The molecule has 0 saturated carbocycles. The molecule has 0 aliphatic carbocycles. The van der Waals surface area contributed by atoms with Gasteiger partial charge in [-0.1, -0.05) is 30.3 Å². The molecule has 5 atom stereocenters. The Hall–Kier alpha value is -2.70. The number of aromatic nitrogens is 2. The van der Waals surface area contributed by atoms with Crippen LogP contribution in [0.2, 0.25) is 0 Å². The first-order valence-electron chi connectivity index (χ1n) is 9.82. The summed E-state index contributed by atoms with van der Waals surface area (Å²) in [6.45, 7) is 1.09. The zero-order valence-electron chi connectivity index (χ0n) is 15.9. The summed E-state index contributed by atoms with van der Waals surface area (Å²) in [4.78, 5) is 19.1. The lowest BCUT2D eigenvalue weighted by Gasteiger charge is -2.55. The number of nitrogens with two attached hydrogens (primary N) is 1. The molecule has 6 rings (SSSR count). The first kappa shape index (κ1) is 18.1. The summed E-state index contributed by atoms with van der Waals surface area (Å²) in [5, 5.41) is 6.34. The molecule has 5 N–H and O–H groups in total. The number of fused-ring (bicyclic) bond motifs is 5. The fourth-order valence-corrected chi connectivity index (χ4v) is 4.53. The standard InChI is InChI=1S/C19H21N5O6/c20-18-23-14-11(15(25)24-18)21-12-16(22-14)29-10-8-26-17(9-4-2-1-3-5-9)30-13(10)19(12)27-6-7-28-19/h1-5,10,12-13,16-17,21H,6-8H2,(H4,20,22,23,24,25)/t10-,12-,13+,16-,17?/m1/s1. The minimum atomic E-state index is -1.16. The first-order chi connectivity index (χ1) is 14.6. The highest BCUT2D eigenvalue weighted by molar-refractivity contribution is 5.68. The van der Waals surface area contributed by atoms with Crippen molar-refractivity contribution in [2.45, 2.75) is 36.6 Å². The van der Waals surface area contributed by atoms with Gasteiger partial charge in [-0.2, -0.15) is 4.98 Å². The van der Waals surface area contributed by atoms with Gasteiger partial charge in [0.15, 0.2) is 18.3 Å². The minimum Gasteiger partial charge on any atom is -0.369 e. The van der Waals surface area contributed by atoms with E-state index in [4.69, 9.17) is 29.4 Å². The van der Waals surface area contributed by atoms with Crippen LogP contribution >= 0.6 is 0 Å². The molecule has 5 heterocycles. The van der Waals surface area contributed by atoms with E-state index in [0.717, 1.165) is 5.56 Å². The second-order valence-electron chi connectivity index (χ2n) is 7.59. The van der Waals surface area contributed by atoms with Gasteiger partial charge >= 0.3 is 0 Å². The van der Waals surface area contributed by atoms with Crippen molar-refractivity contribution in [3.8, 4) is 0 Å². The average molecular weight is 415 g/mol. The summed E-state index contributed by atoms with van der Waals surface area (Å²) in [6, 6.07) is 9.10. The quantitative estimate of drug-likeness (QED) is 0.508. The van der Waals surface area contributed by atoms with Crippen molar-refractivity contribution in [2.75, 3.05) is 36.2 Å². The summed E-state index contributed by atoms with van der Waals surface area (Å²) in [5.74, 6) is -0.842. The number of benzene rings is 1. The highest BCUT2D eigenvalue weighted by atomic mass is 16.8. The Labute approximate surface area is 170 Å². The van der Waals surface area contributed by atoms with Crippen molar-refractivity contribution < 1.29 is 23.7 Å². The van der Waals surface area contributed by atoms with Crippen LogP contribution < -0.4 is 21.9 Å². The highest BCUT2D eigenvalue weighted by Crippen LogP contribution is 2.46. The highest BCUT2D eigenvalue weighted by Gasteiger charge is 2.64. The van der Waals surface area contributed by atoms with E-state index >= 15 is 0 Å². The van der Waals surface area contributed by atoms with Gasteiger partial charge in [-0.3, -0.25) is 9.78 Å². The van der Waals surface area contributed by atoms with Crippen LogP contribution in [-0.4, -0.2) is 60.1 Å². The number of rotatable bonds is 1. The molecule has 4 aliphatic heterocycles. The van der Waals surface area contributed by atoms with E-state index in [2.05, 4.69) is 20.6 Å². The number of hydrogen-bond donors (Lipinski definition) is 4. The Kier molecular flexibility index (Phi) is 4.01. The molecule has 1 unspecified atom stereocenters. The lowest BCUT2D eigenvalue weighted by Crippen LogP contribution is -2.74. The van der Waals surface area contributed by atoms with Crippen LogP contribution in [0.5, 0.6) is 0 Å². The summed E-state index contributed by atoms with van der Waals surface area (Å²) in [7, 11) is 0. The van der Waals surface area contributed by atoms with E-state index in [1.54, 1.807) is 0 Å². The van der Waals surface area contributed by atoms with Gasteiger partial charge < -0.3 is 40.1 Å². The predicted molar refractivity (Wildman–Crippen MR) is 104 cm³/mol. The third kappa shape index (κ3) is 2.63. The average Bonchev–Trinajstić information content (AvgIpc) is 3.24. The number of anilines is 3. The van der Waals surface area contributed by atoms with E-state index in [0.29, 0.717) is 25.6 Å². The van der Waals surface area contributed by atoms with Crippen LogP contribution in [0.3, 0.4) is 0 Å². The van der Waals surface area contributed by atoms with E-state index in [9.17, 15) is 4.79 Å². The maximum Gasteiger partial charge on any atom is 0.277 e. The number of nitrogens with one attached hydrogen (secondary N) is 3. The second-order valence-corrected chi connectivity index (χ2v) is 7.59. The molecule has 3 fully saturated rings. The molecule has 1 aromatic carbocycles. The molecule has 11 nitrogen and oxygen atoms in total. The van der Waals surface area contributed by atoms with Crippen molar-refractivity contribution in [1.29, 1.82) is 0 Å². The zero-order valence-corrected chi connectivity index (χ0v) is 15.9. The van der Waals surface area contributed by atoms with Gasteiger partial charge in [0.2, 0.25) is 11.7 Å². The number of nitrogens with zero attached hydrogens (tertiary/aromatic N) is 1. The van der Waals surface area contributed by atoms with Gasteiger partial charge in [0, 0.05) is 5.56 Å². The Morgan fingerprint density at radius 1 is 1.10 bits per heavy atom. The van der Waals surface area contributed by atoms with E-state index in [1.807, 2.05) is 30.3 Å². The van der Waals surface area contributed by atoms with Gasteiger partial charge in [-0.15, -0.1) is 0 Å². The van der Waals surface area contributed by atoms with Crippen LogP contribution in [0, 0.1) is 0 Å². The summed E-state index contributed by atoms with van der Waals surface area (Å²) < 4.78 is 30.7. The fourth-order valence-electron chi connectivity index (χ4n) is 4.53. The Bertz CT molecular complexity index is 1010. The maximum absolute atomic E-state index is 12.4. The summed E-state index contributed by atoms with van der Waals surface area (Å²) in [5.41, 5.74) is 6.42. The van der Waals surface area contributed by atoms with Crippen LogP contribution in [0.1, 0.15) is 11.9 Å². The van der Waals surface area contributed by atoms with Gasteiger partial charge in [-0.25, -0.2) is 0 Å². The SMILES string of the molecule is Nc1nc2c(c(=O)[nH]1)N[C@@H]1[C@H](N2)O[C@@H]2COC(c3ccccc3)O[C@@H]2C12OCCO2. The van der Waals surface area contributed by atoms with Crippen molar-refractivity contribution in [2.24, 2.45) is 0 Å². The largest absolute Gasteiger partial charge is 0.369 e. The van der Waals surface area contributed by atoms with Gasteiger partial charge in [0.25, 0.3) is 5.56 Å². The molecular formula is C19H21N5O6. The Balaban J connectivity index is 1.37. The molecule has 30 heavy (non-hydrogen) atoms. The number of nitrogen functional groups attached to an aromatic ring is 1. The molecule has 2 aromatic rings. The molecular weight excluding hydrogens is 394 g/mol. The van der Waals surface area contributed by atoms with Crippen molar-refractivity contribution >= 4 is 17.5 Å². The monoisotopic (exact) mass is 415 g/mol. The molecule has 0 amide bonds. The number of aromatic amines is 1. The van der Waals surface area contributed by atoms with E-state index in [-0.39, 0.29) is 11.6 Å². The smallest absolute Gasteiger partial charge is 0.277 e. The van der Waals surface area contributed by atoms with Gasteiger partial charge in [0.1, 0.15) is 23.9 Å². The molecule has 4 aliphatic rings. The van der Waals surface area contributed by atoms with Crippen molar-refractivity contribution in [3.05, 3.63) is 46.2 Å². The maximum atomic E-state index is 12.4. The van der Waals surface area contributed by atoms with Crippen LogP contribution in [0.4, 0.5) is 17.5 Å². The van der Waals surface area contributed by atoms with Gasteiger partial charge in [-0.05, 0) is 0 Å². The number of H-pyrrole nitrogens is 1. The van der Waals surface area contributed by atoms with Crippen molar-refractivity contribution in [1.82, 2.24) is 9.97 Å². The normalized spacial score (nSPS) is 33.7. The van der Waals surface area contributed by atoms with E-state index < -0.39 is 42.1 Å². The minimum absolute atomic E-state index is 0.0123. The third-order valence-electron chi connectivity index (χ3n) is 5.80. The molecule has 11 heteroatoms. The van der Waals surface area contributed by atoms with Crippen LogP contribution in [0.15, 0.2) is 35.1 Å². The molecule has 0 bridgehead atoms. The molecule has 0 radical (unpaired) electrons. The fraction of sp³-hybridized carbons (Fsp3) is 0.474. The topological polar surface area (TPSA) is 142 Å². The lowest BCUT2D eigenvalue weighted by molar-refractivity contribution is -0.375. The molecule has 3 saturated heterocycles. The van der Waals surface area contributed by atoms with Crippen LogP contribution in [-0.2, 0) is 23.7 Å². The third-order valence-corrected chi connectivity index (χ3v) is 5.80. The second kappa shape index (κ2) is 6.65. The number of ether oxygens (including phenoxy) is 5. The Morgan fingerprint density at radius 3 is 2.70 bits per heavy atom. The summed E-state index contributed by atoms with van der Waals surface area (Å²) in [6.07, 6.45) is -2.19. The Morgan fingerprint density at radius 2 is 1.90 bits per heavy atom. The van der Waals surface area contributed by atoms with E-state index in [1.165, 1.54) is 0 Å². The van der Waals surface area contributed by atoms with Crippen LogP contribution in [0.25, 0.3) is 0 Å². The summed E-state index contributed by atoms with van der Waals surface area (Å²) >= 11 is 0. The molecule has 1 spiro atoms. The zero-order chi connectivity index (χ0) is 20.3. The van der Waals surface area contributed by atoms with Gasteiger partial charge in [0.05, 0.1) is 19.8 Å². The molecule has 1 aromatic heterocycles. The lowest BCUT2D eigenvalue weighted by atomic mass is 9.89. The van der Waals surface area contributed by atoms with Crippen molar-refractivity contribution in [3.63, 3.8) is 0 Å². The number of hydrogen-bond acceptors (Lipinski definition) is 10. The first-order valence-corrected chi connectivity index (χ1v) is 9.82. The molecule has 158 valence electrons. The predicted octanol–water partition coefficient (Wildman–Crippen LogP) is 0.140.